The van der Waals surface area contributed by atoms with Gasteiger partial charge in [-0.05, 0) is 0 Å². The minimum atomic E-state index is 0. The molecule has 0 aliphatic carbocycles. The molecule has 0 aliphatic rings. The summed E-state index contributed by atoms with van der Waals surface area (Å²) in [5, 5.41) is 0. The van der Waals surface area contributed by atoms with E-state index >= 15 is 0 Å². The summed E-state index contributed by atoms with van der Waals surface area (Å²) in [6.07, 6.45) is 0. The van der Waals surface area contributed by atoms with Crippen LogP contribution in [0.1, 0.15) is 0 Å². The van der Waals surface area contributed by atoms with Crippen molar-refractivity contribution in [1.82, 2.24) is 0 Å². The van der Waals surface area contributed by atoms with Gasteiger partial charge in [-0.25, -0.2) is 0 Å². The SMILES string of the molecule is [Mo+4].[O-2].[O-2].[Zr+4]. The molecule has 0 fully saturated rings. The van der Waals surface area contributed by atoms with E-state index in [9.17, 15) is 0 Å². The third-order valence-electron chi connectivity index (χ3n) is 0. The van der Waals surface area contributed by atoms with Crippen LogP contribution in [0.25, 0.3) is 0 Å². The predicted molar refractivity (Wildman–Crippen MR) is 1.37 cm³/mol. The van der Waals surface area contributed by atoms with Crippen LogP contribution in [0.4, 0.5) is 0 Å². The molecule has 0 rings (SSSR count). The van der Waals surface area contributed by atoms with Crippen LogP contribution in [-0.2, 0) is 58.2 Å². The van der Waals surface area contributed by atoms with E-state index in [0.717, 1.165) is 0 Å². The first kappa shape index (κ1) is 49.8. The summed E-state index contributed by atoms with van der Waals surface area (Å²) in [5.74, 6) is 0. The normalized spacial score (nSPS) is 0. The first-order chi connectivity index (χ1) is 0. The zero-order chi connectivity index (χ0) is 0. The van der Waals surface area contributed by atoms with Crippen LogP contribution in [-0.4, -0.2) is 0 Å². The van der Waals surface area contributed by atoms with Gasteiger partial charge in [-0.15, -0.1) is 0 Å². The van der Waals surface area contributed by atoms with Gasteiger partial charge in [0.1, 0.15) is 0 Å². The minimum absolute atomic E-state index is 0. The molecule has 0 N–H and O–H groups in total. The molecule has 0 heterocycles. The number of hydrogen-bond acceptors (Lipinski definition) is 0. The zero-order valence-electron chi connectivity index (χ0n) is 1.72. The Hall–Kier alpha value is 1.49. The molecule has 0 unspecified atom stereocenters. The van der Waals surface area contributed by atoms with Gasteiger partial charge in [0.2, 0.25) is 0 Å². The average molecular weight is 219 g/mol. The van der Waals surface area contributed by atoms with Gasteiger partial charge in [0.05, 0.1) is 0 Å². The van der Waals surface area contributed by atoms with E-state index < -0.39 is 0 Å². The molecule has 0 amide bonds. The number of hydrogen-bond donors (Lipinski definition) is 0. The van der Waals surface area contributed by atoms with Gasteiger partial charge in [-0.2, -0.15) is 0 Å². The van der Waals surface area contributed by atoms with Gasteiger partial charge < -0.3 is 11.0 Å². The molecule has 0 spiro atoms. The van der Waals surface area contributed by atoms with Gasteiger partial charge >= 0.3 is 47.3 Å². The average Bonchev–Trinajstić information content (AvgIpc) is 0. The smallest absolute Gasteiger partial charge is 2.00 e. The van der Waals surface area contributed by atoms with E-state index in [0.29, 0.717) is 0 Å². The molecule has 0 bridgehead atoms. The Morgan fingerprint density at radius 2 is 0.750 bits per heavy atom. The molecule has 18 valence electrons. The van der Waals surface area contributed by atoms with Crippen molar-refractivity contribution in [2.75, 3.05) is 0 Å². The topological polar surface area (TPSA) is 57.0 Å². The van der Waals surface area contributed by atoms with Gasteiger partial charge in [0.25, 0.3) is 0 Å². The quantitative estimate of drug-likeness (QED) is 0.505. The second-order valence-corrected chi connectivity index (χ2v) is 0. The molecule has 0 aliphatic heterocycles. The molecule has 0 aromatic carbocycles. The largest absolute Gasteiger partial charge is 4.00 e. The maximum absolute atomic E-state index is 0. The molecule has 0 atom stereocenters. The van der Waals surface area contributed by atoms with Crippen molar-refractivity contribution >= 4 is 0 Å². The molecule has 2 nitrogen and oxygen atoms in total. The Morgan fingerprint density at radius 3 is 0.750 bits per heavy atom. The Bertz CT molecular complexity index is 6.00. The van der Waals surface area contributed by atoms with E-state index in [1.54, 1.807) is 0 Å². The minimum Gasteiger partial charge on any atom is -2.00 e. The van der Waals surface area contributed by atoms with Crippen LogP contribution in [0.5, 0.6) is 0 Å². The van der Waals surface area contributed by atoms with Crippen LogP contribution < -0.4 is 0 Å². The molecular formula is MoO2Zr+4. The summed E-state index contributed by atoms with van der Waals surface area (Å²) in [4.78, 5) is 0. The maximum Gasteiger partial charge on any atom is 4.00 e. The molecular weight excluding hydrogens is 219 g/mol. The Morgan fingerprint density at radius 1 is 0.750 bits per heavy atom. The van der Waals surface area contributed by atoms with Crippen molar-refractivity contribution in [2.45, 2.75) is 0 Å². The summed E-state index contributed by atoms with van der Waals surface area (Å²) in [6.45, 7) is 0. The van der Waals surface area contributed by atoms with Crippen LogP contribution in [0.3, 0.4) is 0 Å². The van der Waals surface area contributed by atoms with E-state index in [-0.39, 0.29) is 58.2 Å². The van der Waals surface area contributed by atoms with E-state index in [2.05, 4.69) is 0 Å². The van der Waals surface area contributed by atoms with E-state index in [1.165, 1.54) is 0 Å². The standard InChI is InChI=1S/Mo.2O.Zr/q+4;2*-2;+4. The van der Waals surface area contributed by atoms with Crippen molar-refractivity contribution in [1.29, 1.82) is 0 Å². The summed E-state index contributed by atoms with van der Waals surface area (Å²) in [5.41, 5.74) is 0. The molecule has 0 saturated carbocycles. The summed E-state index contributed by atoms with van der Waals surface area (Å²) in [7, 11) is 0. The third kappa shape index (κ3) is 9.74. The molecule has 0 aromatic rings. The number of rotatable bonds is 0. The molecule has 4 heteroatoms. The van der Waals surface area contributed by atoms with Crippen molar-refractivity contribution < 1.29 is 58.2 Å². The fraction of sp³-hybridized carbons (Fsp3) is 0. The molecule has 4 heavy (non-hydrogen) atoms. The zero-order valence-corrected chi connectivity index (χ0v) is 6.19. The van der Waals surface area contributed by atoms with Crippen LogP contribution in [0.2, 0.25) is 0 Å². The van der Waals surface area contributed by atoms with E-state index in [1.807, 2.05) is 0 Å². The van der Waals surface area contributed by atoms with Crippen molar-refractivity contribution in [3.63, 3.8) is 0 Å². The van der Waals surface area contributed by atoms with Crippen molar-refractivity contribution in [2.24, 2.45) is 0 Å². The van der Waals surface area contributed by atoms with Crippen LogP contribution in [0, 0.1) is 0 Å². The Balaban J connectivity index is 0. The summed E-state index contributed by atoms with van der Waals surface area (Å²) < 4.78 is 0. The van der Waals surface area contributed by atoms with E-state index in [4.69, 9.17) is 0 Å². The fourth-order valence-corrected chi connectivity index (χ4v) is 0. The molecule has 0 aromatic heterocycles. The second-order valence-electron chi connectivity index (χ2n) is 0. The van der Waals surface area contributed by atoms with Crippen molar-refractivity contribution in [3.05, 3.63) is 0 Å². The van der Waals surface area contributed by atoms with Crippen LogP contribution >= 0.6 is 0 Å². The first-order valence-corrected chi connectivity index (χ1v) is 0. The van der Waals surface area contributed by atoms with Gasteiger partial charge in [0, 0.05) is 0 Å². The Labute approximate surface area is 58.0 Å². The maximum atomic E-state index is 0. The molecule has 0 radical (unpaired) electrons. The van der Waals surface area contributed by atoms with Gasteiger partial charge in [-0.1, -0.05) is 0 Å². The first-order valence-electron chi connectivity index (χ1n) is 0. The van der Waals surface area contributed by atoms with Gasteiger partial charge in [-0.3, -0.25) is 0 Å². The second kappa shape index (κ2) is 24.6. The third-order valence-corrected chi connectivity index (χ3v) is 0. The van der Waals surface area contributed by atoms with Gasteiger partial charge in [0.15, 0.2) is 0 Å². The predicted octanol–water partition coefficient (Wildman–Crippen LogP) is -0.243. The fourth-order valence-electron chi connectivity index (χ4n) is 0. The Kier molecular flexibility index (Phi) is 306. The summed E-state index contributed by atoms with van der Waals surface area (Å²) >= 11 is 0. The van der Waals surface area contributed by atoms with Crippen LogP contribution in [0.15, 0.2) is 0 Å². The monoisotopic (exact) mass is 220 g/mol. The molecule has 0 saturated heterocycles. The van der Waals surface area contributed by atoms with Crippen molar-refractivity contribution in [3.8, 4) is 0 Å². The summed E-state index contributed by atoms with van der Waals surface area (Å²) in [6, 6.07) is 0.